The van der Waals surface area contributed by atoms with Crippen LogP contribution in [0, 0.1) is 5.82 Å². The lowest BCUT2D eigenvalue weighted by Gasteiger charge is -2.09. The number of ether oxygens (including phenoxy) is 1. The van der Waals surface area contributed by atoms with Gasteiger partial charge in [-0.3, -0.25) is 4.79 Å². The van der Waals surface area contributed by atoms with Gasteiger partial charge in [0.25, 0.3) is 0 Å². The van der Waals surface area contributed by atoms with Crippen molar-refractivity contribution < 1.29 is 32.6 Å². The molecule has 4 nitrogen and oxygen atoms in total. The molecule has 0 atom stereocenters. The van der Waals surface area contributed by atoms with Gasteiger partial charge in [-0.2, -0.15) is 8.78 Å². The zero-order valence-corrected chi connectivity index (χ0v) is 7.62. The second-order valence-electron chi connectivity index (χ2n) is 2.67. The average Bonchev–Trinajstić information content (AvgIpc) is 2.15. The molecule has 16 heavy (non-hydrogen) atoms. The maximum Gasteiger partial charge on any atom is 0.387 e. The molecule has 0 radical (unpaired) electrons. The molecule has 0 bridgehead atoms. The molecule has 0 heterocycles. The first-order valence-corrected chi connectivity index (χ1v) is 3.92. The van der Waals surface area contributed by atoms with Crippen molar-refractivity contribution >= 4 is 12.3 Å². The van der Waals surface area contributed by atoms with Gasteiger partial charge in [-0.05, 0) is 6.07 Å². The van der Waals surface area contributed by atoms with Gasteiger partial charge >= 0.3 is 12.6 Å². The molecule has 0 aliphatic rings. The second kappa shape index (κ2) is 4.65. The van der Waals surface area contributed by atoms with Crippen LogP contribution in [0.4, 0.5) is 13.2 Å². The van der Waals surface area contributed by atoms with Crippen LogP contribution in [-0.4, -0.2) is 24.0 Å². The van der Waals surface area contributed by atoms with Crippen LogP contribution in [0.2, 0.25) is 0 Å². The third-order valence-electron chi connectivity index (χ3n) is 1.67. The number of carboxylic acids is 1. The van der Waals surface area contributed by atoms with E-state index in [0.717, 1.165) is 0 Å². The number of aldehydes is 1. The summed E-state index contributed by atoms with van der Waals surface area (Å²) in [6.07, 6.45) is 0.0145. The lowest BCUT2D eigenvalue weighted by atomic mass is 10.1. The maximum atomic E-state index is 12.9. The van der Waals surface area contributed by atoms with Crippen LogP contribution in [0.25, 0.3) is 0 Å². The fourth-order valence-corrected chi connectivity index (χ4v) is 1.09. The van der Waals surface area contributed by atoms with Crippen molar-refractivity contribution in [1.29, 1.82) is 0 Å². The molecular formula is C9H5F3O4. The van der Waals surface area contributed by atoms with Gasteiger partial charge in [-0.15, -0.1) is 0 Å². The second-order valence-corrected chi connectivity index (χ2v) is 2.67. The Hall–Kier alpha value is -2.05. The molecular weight excluding hydrogens is 229 g/mol. The van der Waals surface area contributed by atoms with Gasteiger partial charge in [0.15, 0.2) is 6.29 Å². The lowest BCUT2D eigenvalue weighted by Crippen LogP contribution is -2.09. The highest BCUT2D eigenvalue weighted by atomic mass is 19.3. The van der Waals surface area contributed by atoms with Crippen molar-refractivity contribution in [3.63, 3.8) is 0 Å². The first kappa shape index (κ1) is 12.0. The number of aromatic carboxylic acids is 1. The van der Waals surface area contributed by atoms with Crippen molar-refractivity contribution in [1.82, 2.24) is 0 Å². The summed E-state index contributed by atoms with van der Waals surface area (Å²) in [5.41, 5.74) is -1.36. The van der Waals surface area contributed by atoms with Crippen LogP contribution in [0.5, 0.6) is 5.75 Å². The van der Waals surface area contributed by atoms with Gasteiger partial charge in [0.2, 0.25) is 0 Å². The van der Waals surface area contributed by atoms with Crippen molar-refractivity contribution in [2.75, 3.05) is 0 Å². The molecule has 1 rings (SSSR count). The molecule has 1 aromatic rings. The first-order valence-electron chi connectivity index (χ1n) is 3.92. The molecule has 0 amide bonds. The number of hydrogen-bond donors (Lipinski definition) is 1. The molecule has 0 aliphatic heterocycles. The standard InChI is InChI=1S/C9H5F3O4/c10-4-1-5(8(14)15)6(3-13)7(2-4)16-9(11)12/h1-3,9H,(H,14,15). The molecule has 86 valence electrons. The van der Waals surface area contributed by atoms with E-state index >= 15 is 0 Å². The molecule has 0 fully saturated rings. The largest absolute Gasteiger partial charge is 0.478 e. The van der Waals surface area contributed by atoms with Crippen LogP contribution in [-0.2, 0) is 0 Å². The third-order valence-corrected chi connectivity index (χ3v) is 1.67. The Morgan fingerprint density at radius 1 is 1.44 bits per heavy atom. The van der Waals surface area contributed by atoms with Crippen molar-refractivity contribution in [2.24, 2.45) is 0 Å². The predicted molar refractivity (Wildman–Crippen MR) is 45.4 cm³/mol. The Bertz CT molecular complexity index is 431. The summed E-state index contributed by atoms with van der Waals surface area (Å²) >= 11 is 0. The highest BCUT2D eigenvalue weighted by Crippen LogP contribution is 2.24. The lowest BCUT2D eigenvalue weighted by molar-refractivity contribution is -0.0503. The number of alkyl halides is 2. The Morgan fingerprint density at radius 2 is 2.06 bits per heavy atom. The smallest absolute Gasteiger partial charge is 0.387 e. The molecule has 0 unspecified atom stereocenters. The van der Waals surface area contributed by atoms with Crippen LogP contribution < -0.4 is 4.74 Å². The van der Waals surface area contributed by atoms with Gasteiger partial charge in [-0.25, -0.2) is 9.18 Å². The summed E-state index contributed by atoms with van der Waals surface area (Å²) in [7, 11) is 0. The Balaban J connectivity index is 3.35. The van der Waals surface area contributed by atoms with E-state index in [1.165, 1.54) is 0 Å². The van der Waals surface area contributed by atoms with Gasteiger partial charge in [0.05, 0.1) is 11.1 Å². The average molecular weight is 234 g/mol. The quantitative estimate of drug-likeness (QED) is 0.808. The number of halogens is 3. The summed E-state index contributed by atoms with van der Waals surface area (Å²) in [5, 5.41) is 8.61. The number of benzene rings is 1. The molecule has 0 aromatic heterocycles. The van der Waals surface area contributed by atoms with E-state index in [9.17, 15) is 22.8 Å². The summed E-state index contributed by atoms with van der Waals surface area (Å²) in [5.74, 6) is -3.50. The summed E-state index contributed by atoms with van der Waals surface area (Å²) in [4.78, 5) is 21.1. The summed E-state index contributed by atoms with van der Waals surface area (Å²) in [6, 6.07) is 1.06. The molecule has 0 aliphatic carbocycles. The van der Waals surface area contributed by atoms with Crippen molar-refractivity contribution in [3.05, 3.63) is 29.1 Å². The number of carbonyl (C=O) groups excluding carboxylic acids is 1. The summed E-state index contributed by atoms with van der Waals surface area (Å²) in [6.45, 7) is -3.28. The minimum Gasteiger partial charge on any atom is -0.478 e. The highest BCUT2D eigenvalue weighted by Gasteiger charge is 2.19. The van der Waals surface area contributed by atoms with E-state index in [1.807, 2.05) is 0 Å². The fraction of sp³-hybridized carbons (Fsp3) is 0.111. The molecule has 0 saturated heterocycles. The Labute approximate surface area is 87.3 Å². The van der Waals surface area contributed by atoms with E-state index in [-0.39, 0.29) is 6.29 Å². The Morgan fingerprint density at radius 3 is 2.50 bits per heavy atom. The van der Waals surface area contributed by atoms with Crippen molar-refractivity contribution in [3.8, 4) is 5.75 Å². The fourth-order valence-electron chi connectivity index (χ4n) is 1.09. The third kappa shape index (κ3) is 2.50. The minimum atomic E-state index is -3.28. The molecule has 1 N–H and O–H groups in total. The minimum absolute atomic E-state index is 0.0145. The van der Waals surface area contributed by atoms with E-state index in [0.29, 0.717) is 12.1 Å². The van der Waals surface area contributed by atoms with Crippen LogP contribution >= 0.6 is 0 Å². The molecule has 0 spiro atoms. The van der Waals surface area contributed by atoms with E-state index < -0.39 is 35.3 Å². The molecule has 1 aromatic carbocycles. The van der Waals surface area contributed by atoms with Gasteiger partial charge in [0.1, 0.15) is 11.6 Å². The number of rotatable bonds is 4. The number of carboxylic acid groups (broad SMARTS) is 1. The topological polar surface area (TPSA) is 63.6 Å². The Kier molecular flexibility index (Phi) is 3.49. The summed E-state index contributed by atoms with van der Waals surface area (Å²) < 4.78 is 40.5. The predicted octanol–water partition coefficient (Wildman–Crippen LogP) is 1.94. The number of hydrogen-bond acceptors (Lipinski definition) is 3. The highest BCUT2D eigenvalue weighted by molar-refractivity contribution is 5.99. The van der Waals surface area contributed by atoms with Gasteiger partial charge < -0.3 is 9.84 Å². The number of carbonyl (C=O) groups is 2. The van der Waals surface area contributed by atoms with Gasteiger partial charge in [-0.1, -0.05) is 0 Å². The van der Waals surface area contributed by atoms with E-state index in [4.69, 9.17) is 5.11 Å². The van der Waals surface area contributed by atoms with Crippen LogP contribution in [0.1, 0.15) is 20.7 Å². The first-order chi connectivity index (χ1) is 7.45. The van der Waals surface area contributed by atoms with Crippen LogP contribution in [0.3, 0.4) is 0 Å². The normalized spacial score (nSPS) is 10.2. The maximum absolute atomic E-state index is 12.9. The van der Waals surface area contributed by atoms with Gasteiger partial charge in [0, 0.05) is 6.07 Å². The van der Waals surface area contributed by atoms with E-state index in [1.54, 1.807) is 0 Å². The SMILES string of the molecule is O=Cc1c(OC(F)F)cc(F)cc1C(=O)O. The van der Waals surface area contributed by atoms with E-state index in [2.05, 4.69) is 4.74 Å². The molecule has 7 heteroatoms. The van der Waals surface area contributed by atoms with Crippen LogP contribution in [0.15, 0.2) is 12.1 Å². The zero-order valence-electron chi connectivity index (χ0n) is 7.62. The molecule has 0 saturated carbocycles. The van der Waals surface area contributed by atoms with Crippen molar-refractivity contribution in [2.45, 2.75) is 6.61 Å². The zero-order chi connectivity index (χ0) is 12.3. The monoisotopic (exact) mass is 234 g/mol.